The Morgan fingerprint density at radius 2 is 2.07 bits per heavy atom. The van der Waals surface area contributed by atoms with Crippen molar-refractivity contribution in [3.8, 4) is 0 Å². The molecule has 0 aliphatic carbocycles. The van der Waals surface area contributed by atoms with Crippen LogP contribution >= 0.6 is 0 Å². The van der Waals surface area contributed by atoms with E-state index >= 15 is 0 Å². The molecule has 0 aliphatic rings. The molecule has 2 N–H and O–H groups in total. The monoisotopic (exact) mass is 202 g/mol. The number of hydrogen-bond acceptors (Lipinski definition) is 4. The van der Waals surface area contributed by atoms with Crippen molar-refractivity contribution in [3.63, 3.8) is 0 Å². The highest BCUT2D eigenvalue weighted by atomic mass is 16.5. The first kappa shape index (κ1) is 13.4. The van der Waals surface area contributed by atoms with Gasteiger partial charge in [-0.3, -0.25) is 4.79 Å². The molecule has 0 aromatic carbocycles. The smallest absolute Gasteiger partial charge is 0.324 e. The molecule has 0 radical (unpaired) electrons. The summed E-state index contributed by atoms with van der Waals surface area (Å²) in [6.07, 6.45) is 1.07. The van der Waals surface area contributed by atoms with E-state index in [9.17, 15) is 4.79 Å². The fraction of sp³-hybridized carbons (Fsp3) is 0.900. The lowest BCUT2D eigenvalue weighted by Crippen LogP contribution is -2.43. The van der Waals surface area contributed by atoms with Gasteiger partial charge in [0.1, 0.15) is 6.04 Å². The molecule has 84 valence electrons. The van der Waals surface area contributed by atoms with Gasteiger partial charge in [0.15, 0.2) is 0 Å². The van der Waals surface area contributed by atoms with Crippen LogP contribution in [0.15, 0.2) is 0 Å². The second kappa shape index (κ2) is 7.76. The van der Waals surface area contributed by atoms with Gasteiger partial charge in [0, 0.05) is 6.54 Å². The summed E-state index contributed by atoms with van der Waals surface area (Å²) in [5.41, 5.74) is 5.69. The highest BCUT2D eigenvalue weighted by molar-refractivity contribution is 5.75. The lowest BCUT2D eigenvalue weighted by atomic mass is 10.2. The molecule has 1 atom stereocenters. The average Bonchev–Trinajstić information content (AvgIpc) is 2.17. The Morgan fingerprint density at radius 1 is 1.43 bits per heavy atom. The predicted octanol–water partition coefficient (Wildman–Crippen LogP) is 0.609. The first-order valence-corrected chi connectivity index (χ1v) is 5.30. The van der Waals surface area contributed by atoms with Crippen LogP contribution in [0.3, 0.4) is 0 Å². The van der Waals surface area contributed by atoms with E-state index in [0.717, 1.165) is 19.5 Å². The molecule has 0 fully saturated rings. The van der Waals surface area contributed by atoms with E-state index < -0.39 is 6.04 Å². The summed E-state index contributed by atoms with van der Waals surface area (Å²) in [4.78, 5) is 13.4. The summed E-state index contributed by atoms with van der Waals surface area (Å²) in [7, 11) is 0. The number of rotatable bonds is 7. The molecule has 0 rings (SSSR count). The van der Waals surface area contributed by atoms with Crippen LogP contribution in [-0.4, -0.2) is 43.2 Å². The zero-order valence-electron chi connectivity index (χ0n) is 9.45. The highest BCUT2D eigenvalue weighted by Gasteiger charge is 2.16. The summed E-state index contributed by atoms with van der Waals surface area (Å²) in [6, 6.07) is -0.513. The van der Waals surface area contributed by atoms with Crippen molar-refractivity contribution >= 4 is 5.97 Å². The fourth-order valence-corrected chi connectivity index (χ4v) is 1.30. The van der Waals surface area contributed by atoms with Crippen molar-refractivity contribution < 1.29 is 9.53 Å². The molecule has 0 aromatic rings. The van der Waals surface area contributed by atoms with Crippen molar-refractivity contribution in [1.29, 1.82) is 0 Å². The second-order valence-corrected chi connectivity index (χ2v) is 3.25. The number of ether oxygens (including phenoxy) is 1. The lowest BCUT2D eigenvalue weighted by molar-refractivity contribution is -0.145. The minimum Gasteiger partial charge on any atom is -0.465 e. The molecule has 0 spiro atoms. The number of nitrogens with two attached hydrogens (primary N) is 1. The maximum Gasteiger partial charge on any atom is 0.324 e. The molecule has 0 amide bonds. The van der Waals surface area contributed by atoms with E-state index in [-0.39, 0.29) is 5.97 Å². The molecule has 4 heteroatoms. The third kappa shape index (κ3) is 5.19. The Hall–Kier alpha value is -0.610. The Labute approximate surface area is 86.4 Å². The van der Waals surface area contributed by atoms with Crippen LogP contribution in [0.5, 0.6) is 0 Å². The van der Waals surface area contributed by atoms with E-state index in [1.807, 2.05) is 0 Å². The maximum atomic E-state index is 11.2. The van der Waals surface area contributed by atoms with Crippen LogP contribution in [0.25, 0.3) is 0 Å². The van der Waals surface area contributed by atoms with E-state index in [1.165, 1.54) is 0 Å². The SMILES string of the molecule is CCCN(CC)CC(N)C(=O)OCC. The standard InChI is InChI=1S/C10H22N2O2/c1-4-7-12(5-2)8-9(11)10(13)14-6-3/h9H,4-8,11H2,1-3H3. The fourth-order valence-electron chi connectivity index (χ4n) is 1.30. The molecule has 0 aromatic heterocycles. The summed E-state index contributed by atoms with van der Waals surface area (Å²) in [5.74, 6) is -0.304. The summed E-state index contributed by atoms with van der Waals surface area (Å²) >= 11 is 0. The number of hydrogen-bond donors (Lipinski definition) is 1. The minimum absolute atomic E-state index is 0.304. The number of carbonyl (C=O) groups excluding carboxylic acids is 1. The van der Waals surface area contributed by atoms with Gasteiger partial charge in [0.25, 0.3) is 0 Å². The maximum absolute atomic E-state index is 11.2. The van der Waals surface area contributed by atoms with E-state index in [1.54, 1.807) is 6.92 Å². The van der Waals surface area contributed by atoms with Crippen LogP contribution in [0.4, 0.5) is 0 Å². The number of nitrogens with zero attached hydrogens (tertiary/aromatic N) is 1. The first-order chi connectivity index (χ1) is 6.65. The van der Waals surface area contributed by atoms with Crippen LogP contribution < -0.4 is 5.73 Å². The zero-order chi connectivity index (χ0) is 11.0. The van der Waals surface area contributed by atoms with Crippen molar-refractivity contribution in [2.24, 2.45) is 5.73 Å². The Balaban J connectivity index is 3.88. The number of likely N-dealkylation sites (N-methyl/N-ethyl adjacent to an activating group) is 1. The van der Waals surface area contributed by atoms with Crippen LogP contribution in [-0.2, 0) is 9.53 Å². The predicted molar refractivity (Wildman–Crippen MR) is 57.0 cm³/mol. The molecule has 14 heavy (non-hydrogen) atoms. The lowest BCUT2D eigenvalue weighted by Gasteiger charge is -2.22. The second-order valence-electron chi connectivity index (χ2n) is 3.25. The molecular weight excluding hydrogens is 180 g/mol. The first-order valence-electron chi connectivity index (χ1n) is 5.30. The third-order valence-corrected chi connectivity index (χ3v) is 2.03. The van der Waals surface area contributed by atoms with Gasteiger partial charge < -0.3 is 15.4 Å². The third-order valence-electron chi connectivity index (χ3n) is 2.03. The van der Waals surface area contributed by atoms with Crippen LogP contribution in [0.1, 0.15) is 27.2 Å². The molecule has 0 saturated carbocycles. The normalized spacial score (nSPS) is 12.9. The summed E-state index contributed by atoms with van der Waals surface area (Å²) in [6.45, 7) is 8.83. The molecule has 4 nitrogen and oxygen atoms in total. The van der Waals surface area contributed by atoms with Crippen molar-refractivity contribution in [3.05, 3.63) is 0 Å². The Bertz CT molecular complexity index is 162. The molecule has 0 heterocycles. The van der Waals surface area contributed by atoms with Gasteiger partial charge in [-0.05, 0) is 26.4 Å². The van der Waals surface area contributed by atoms with Gasteiger partial charge in [0.05, 0.1) is 6.61 Å². The van der Waals surface area contributed by atoms with Gasteiger partial charge in [-0.15, -0.1) is 0 Å². The highest BCUT2D eigenvalue weighted by Crippen LogP contribution is 1.95. The van der Waals surface area contributed by atoms with Gasteiger partial charge in [-0.25, -0.2) is 0 Å². The van der Waals surface area contributed by atoms with Gasteiger partial charge in [-0.2, -0.15) is 0 Å². The molecular formula is C10H22N2O2. The number of esters is 1. The van der Waals surface area contributed by atoms with Crippen molar-refractivity contribution in [2.45, 2.75) is 33.2 Å². The summed E-state index contributed by atoms with van der Waals surface area (Å²) in [5, 5.41) is 0. The molecule has 0 saturated heterocycles. The van der Waals surface area contributed by atoms with Gasteiger partial charge >= 0.3 is 5.97 Å². The Morgan fingerprint density at radius 3 is 2.50 bits per heavy atom. The van der Waals surface area contributed by atoms with E-state index in [0.29, 0.717) is 13.2 Å². The minimum atomic E-state index is -0.513. The zero-order valence-corrected chi connectivity index (χ0v) is 9.45. The largest absolute Gasteiger partial charge is 0.465 e. The van der Waals surface area contributed by atoms with E-state index in [4.69, 9.17) is 10.5 Å². The number of carbonyl (C=O) groups is 1. The van der Waals surface area contributed by atoms with Crippen LogP contribution in [0, 0.1) is 0 Å². The topological polar surface area (TPSA) is 55.6 Å². The Kier molecular flexibility index (Phi) is 7.42. The van der Waals surface area contributed by atoms with Crippen molar-refractivity contribution in [2.75, 3.05) is 26.2 Å². The summed E-state index contributed by atoms with van der Waals surface area (Å²) < 4.78 is 4.84. The molecule has 1 unspecified atom stereocenters. The molecule has 0 bridgehead atoms. The quantitative estimate of drug-likeness (QED) is 0.614. The van der Waals surface area contributed by atoms with Gasteiger partial charge in [0.2, 0.25) is 0 Å². The average molecular weight is 202 g/mol. The van der Waals surface area contributed by atoms with Crippen LogP contribution in [0.2, 0.25) is 0 Å². The molecule has 0 aliphatic heterocycles. The van der Waals surface area contributed by atoms with Crippen molar-refractivity contribution in [1.82, 2.24) is 4.90 Å². The van der Waals surface area contributed by atoms with Gasteiger partial charge in [-0.1, -0.05) is 13.8 Å². The van der Waals surface area contributed by atoms with E-state index in [2.05, 4.69) is 18.7 Å².